The van der Waals surface area contributed by atoms with Crippen LogP contribution in [0.15, 0.2) is 30.9 Å². The van der Waals surface area contributed by atoms with E-state index in [9.17, 15) is 35.4 Å². The van der Waals surface area contributed by atoms with E-state index in [4.69, 9.17) is 4.74 Å². The smallest absolute Gasteiger partial charge is 0.219 e. The van der Waals surface area contributed by atoms with E-state index in [0.717, 1.165) is 64.3 Å². The zero-order valence-corrected chi connectivity index (χ0v) is 30.2. The maximum Gasteiger partial charge on any atom is 0.219 e. The lowest BCUT2D eigenvalue weighted by molar-refractivity contribution is -0.121. The number of unbranched alkanes of at least 4 members (excludes halogenated alkanes) is 11. The van der Waals surface area contributed by atoms with Crippen LogP contribution in [0.1, 0.15) is 113 Å². The summed E-state index contributed by atoms with van der Waals surface area (Å²) >= 11 is 0. The quantitative estimate of drug-likeness (QED) is 0.0543. The number of amides is 1. The Morgan fingerprint density at radius 3 is 2.21 bits per heavy atom. The van der Waals surface area contributed by atoms with Crippen molar-refractivity contribution in [1.29, 1.82) is 0 Å². The van der Waals surface area contributed by atoms with Gasteiger partial charge in [-0.25, -0.2) is 15.0 Å². The molecule has 0 spiro atoms. The Balaban J connectivity index is 0.922. The van der Waals surface area contributed by atoms with Gasteiger partial charge in [0, 0.05) is 31.6 Å². The normalized spacial score (nSPS) is 19.3. The van der Waals surface area contributed by atoms with E-state index in [0.29, 0.717) is 54.2 Å². The van der Waals surface area contributed by atoms with Crippen molar-refractivity contribution in [1.82, 2.24) is 30.2 Å². The average molecular weight is 730 g/mol. The first-order valence-corrected chi connectivity index (χ1v) is 19.0. The number of nitrogens with zero attached hydrogens (tertiary/aromatic N) is 4. The molecule has 1 amide bonds. The van der Waals surface area contributed by atoms with Crippen LogP contribution in [0.3, 0.4) is 0 Å². The summed E-state index contributed by atoms with van der Waals surface area (Å²) in [5, 5.41) is 68.7. The Morgan fingerprint density at radius 2 is 1.52 bits per heavy atom. The zero-order valence-electron chi connectivity index (χ0n) is 30.2. The van der Waals surface area contributed by atoms with Gasteiger partial charge in [-0.3, -0.25) is 9.36 Å². The molecular formula is C37H59N7O8. The second-order valence-electron chi connectivity index (χ2n) is 13.7. The van der Waals surface area contributed by atoms with Crippen molar-refractivity contribution in [3.05, 3.63) is 42.0 Å². The summed E-state index contributed by atoms with van der Waals surface area (Å²) in [4.78, 5) is 25.2. The van der Waals surface area contributed by atoms with Crippen LogP contribution in [0.4, 0.5) is 5.82 Å². The number of benzene rings is 1. The predicted octanol–water partition coefficient (Wildman–Crippen LogP) is 2.95. The van der Waals surface area contributed by atoms with Crippen molar-refractivity contribution in [2.45, 2.75) is 127 Å². The molecule has 9 N–H and O–H groups in total. The maximum absolute atomic E-state index is 12.2. The van der Waals surface area contributed by atoms with Gasteiger partial charge < -0.3 is 51.3 Å². The number of fused-ring (bicyclic) bond motifs is 1. The number of phenols is 1. The number of aromatic hydroxyl groups is 1. The molecule has 2 aromatic heterocycles. The first-order valence-electron chi connectivity index (χ1n) is 19.0. The molecule has 5 atom stereocenters. The highest BCUT2D eigenvalue weighted by Gasteiger charge is 2.44. The maximum atomic E-state index is 12.2. The minimum atomic E-state index is -1.22. The third kappa shape index (κ3) is 12.6. The molecule has 1 aromatic carbocycles. The topological polar surface area (TPSA) is 227 Å². The zero-order chi connectivity index (χ0) is 37.1. The fraction of sp³-hybridized carbons (Fsp3) is 0.676. The van der Waals surface area contributed by atoms with Crippen LogP contribution < -0.4 is 16.0 Å². The molecule has 52 heavy (non-hydrogen) atoms. The number of aliphatic hydroxyl groups is 5. The van der Waals surface area contributed by atoms with Gasteiger partial charge in [-0.1, -0.05) is 63.9 Å². The molecule has 1 saturated heterocycles. The lowest BCUT2D eigenvalue weighted by Crippen LogP contribution is -2.33. The van der Waals surface area contributed by atoms with Crippen molar-refractivity contribution in [3.8, 4) is 5.75 Å². The van der Waals surface area contributed by atoms with Gasteiger partial charge in [0.25, 0.3) is 0 Å². The van der Waals surface area contributed by atoms with Crippen molar-refractivity contribution in [2.75, 3.05) is 38.1 Å². The van der Waals surface area contributed by atoms with Gasteiger partial charge in [0.1, 0.15) is 30.4 Å². The fourth-order valence-electron chi connectivity index (χ4n) is 6.47. The Kier molecular flexibility index (Phi) is 17.9. The highest BCUT2D eigenvalue weighted by Crippen LogP contribution is 2.32. The average Bonchev–Trinajstić information content (AvgIpc) is 3.71. The monoisotopic (exact) mass is 729 g/mol. The predicted molar refractivity (Wildman–Crippen MR) is 196 cm³/mol. The van der Waals surface area contributed by atoms with Gasteiger partial charge in [0.05, 0.1) is 25.6 Å². The van der Waals surface area contributed by atoms with Crippen molar-refractivity contribution >= 4 is 22.9 Å². The van der Waals surface area contributed by atoms with E-state index in [1.165, 1.54) is 44.4 Å². The fourth-order valence-corrected chi connectivity index (χ4v) is 6.47. The lowest BCUT2D eigenvalue weighted by Gasteiger charge is -2.16. The largest absolute Gasteiger partial charge is 0.508 e. The summed E-state index contributed by atoms with van der Waals surface area (Å²) in [6.45, 7) is 2.00. The van der Waals surface area contributed by atoms with E-state index < -0.39 is 37.3 Å². The van der Waals surface area contributed by atoms with Crippen LogP contribution in [0, 0.1) is 0 Å². The van der Waals surface area contributed by atoms with Gasteiger partial charge in [-0.2, -0.15) is 0 Å². The molecule has 1 aliphatic heterocycles. The summed E-state index contributed by atoms with van der Waals surface area (Å²) in [7, 11) is 0. The molecule has 0 radical (unpaired) electrons. The highest BCUT2D eigenvalue weighted by atomic mass is 16.6. The van der Waals surface area contributed by atoms with Gasteiger partial charge in [-0.05, 0) is 49.9 Å². The third-order valence-electron chi connectivity index (χ3n) is 9.62. The first-order chi connectivity index (χ1) is 25.3. The number of anilines is 1. The van der Waals surface area contributed by atoms with Gasteiger partial charge in [0.2, 0.25) is 5.91 Å². The Hall–Kier alpha value is -3.44. The number of aliphatic hydroxyl groups excluding tert-OH is 5. The third-order valence-corrected chi connectivity index (χ3v) is 9.62. The number of carbonyl (C=O) groups is 1. The van der Waals surface area contributed by atoms with Crippen LogP contribution in [0.5, 0.6) is 5.75 Å². The molecule has 1 aliphatic rings. The number of carbonyl (C=O) groups excluding carboxylic acids is 1. The van der Waals surface area contributed by atoms with Crippen LogP contribution in [0.25, 0.3) is 11.2 Å². The molecule has 3 heterocycles. The summed E-state index contributed by atoms with van der Waals surface area (Å²) in [6.07, 6.45) is 12.7. The molecular weight excluding hydrogens is 670 g/mol. The highest BCUT2D eigenvalue weighted by molar-refractivity contribution is 5.82. The second kappa shape index (κ2) is 22.6. The number of hydrogen-bond donors (Lipinski definition) is 9. The number of ether oxygens (including phenoxy) is 1. The van der Waals surface area contributed by atoms with Crippen molar-refractivity contribution in [3.63, 3.8) is 0 Å². The summed E-state index contributed by atoms with van der Waals surface area (Å²) in [5.74, 6) is 0.739. The van der Waals surface area contributed by atoms with Gasteiger partial charge >= 0.3 is 0 Å². The van der Waals surface area contributed by atoms with E-state index in [2.05, 4.69) is 30.9 Å². The molecule has 15 nitrogen and oxygen atoms in total. The molecule has 3 aromatic rings. The molecule has 0 bridgehead atoms. The Morgan fingerprint density at radius 1 is 0.846 bits per heavy atom. The molecule has 0 aliphatic carbocycles. The second-order valence-corrected chi connectivity index (χ2v) is 13.7. The summed E-state index contributed by atoms with van der Waals surface area (Å²) in [6, 6.07) is 4.81. The SMILES string of the molecule is O=C(CCCCCCCCCCCNCC(O)c1ccc(O)c(CO)c1)NCCCCCCNc1ncnc2c1ncn2[C@@H]1O[C@H](CO)[C@@H](O)[C@H]1O. The van der Waals surface area contributed by atoms with Gasteiger partial charge in [-0.15, -0.1) is 0 Å². The number of hydrogen-bond acceptors (Lipinski definition) is 13. The van der Waals surface area contributed by atoms with Gasteiger partial charge in [0.15, 0.2) is 23.2 Å². The molecule has 290 valence electrons. The summed E-state index contributed by atoms with van der Waals surface area (Å²) < 4.78 is 7.15. The molecule has 1 fully saturated rings. The summed E-state index contributed by atoms with van der Waals surface area (Å²) in [5.41, 5.74) is 2.08. The standard InChI is InChI=1S/C37H59N7O8/c45-22-27-20-26(15-16-28(27)47)29(48)21-38-17-11-7-5-3-1-2-4-6-10-14-31(49)39-18-12-8-9-13-19-40-35-32-36(42-24-41-35)44(25-43-32)37-34(51)33(50)30(23-46)52-37/h15-16,20,24-25,29-30,33-34,37-38,45-48,50-51H,1-14,17-19,21-23H2,(H,39,49)(H,40,41,42)/t29?,30-,33-,34-,37-/m1/s1. The molecule has 15 heteroatoms. The molecule has 4 rings (SSSR count). The van der Waals surface area contributed by atoms with E-state index >= 15 is 0 Å². The Bertz CT molecular complexity index is 1480. The first kappa shape index (κ1) is 41.3. The van der Waals surface area contributed by atoms with E-state index in [1.54, 1.807) is 16.7 Å². The molecule has 0 saturated carbocycles. The number of imidazole rings is 1. The van der Waals surface area contributed by atoms with E-state index in [1.807, 2.05) is 0 Å². The number of aromatic nitrogens is 4. The molecule has 1 unspecified atom stereocenters. The van der Waals surface area contributed by atoms with Crippen LogP contribution in [-0.2, 0) is 16.1 Å². The Labute approximate surface area is 305 Å². The van der Waals surface area contributed by atoms with Crippen LogP contribution >= 0.6 is 0 Å². The van der Waals surface area contributed by atoms with Crippen molar-refractivity contribution < 1.29 is 40.2 Å². The minimum absolute atomic E-state index is 0.0362. The van der Waals surface area contributed by atoms with E-state index in [-0.39, 0.29) is 18.3 Å². The minimum Gasteiger partial charge on any atom is -0.508 e. The van der Waals surface area contributed by atoms with Crippen LogP contribution in [-0.4, -0.2) is 107 Å². The lowest BCUT2D eigenvalue weighted by atomic mass is 10.0. The number of rotatable bonds is 26. The van der Waals surface area contributed by atoms with Crippen molar-refractivity contribution in [2.24, 2.45) is 0 Å². The number of nitrogens with one attached hydrogen (secondary N) is 3. The van der Waals surface area contributed by atoms with Crippen LogP contribution in [0.2, 0.25) is 0 Å².